The molecular formula is C15H19N3O. The summed E-state index contributed by atoms with van der Waals surface area (Å²) in [6, 6.07) is 8.46. The molecule has 0 saturated carbocycles. The van der Waals surface area contributed by atoms with Gasteiger partial charge >= 0.3 is 0 Å². The van der Waals surface area contributed by atoms with Crippen molar-refractivity contribution in [3.63, 3.8) is 0 Å². The fourth-order valence-electron chi connectivity index (χ4n) is 2.68. The Kier molecular flexibility index (Phi) is 3.03. The fourth-order valence-corrected chi connectivity index (χ4v) is 2.68. The van der Waals surface area contributed by atoms with Crippen molar-refractivity contribution in [1.82, 2.24) is 4.98 Å². The van der Waals surface area contributed by atoms with Crippen LogP contribution < -0.4 is 10.6 Å². The van der Waals surface area contributed by atoms with E-state index in [0.29, 0.717) is 6.04 Å². The van der Waals surface area contributed by atoms with Crippen molar-refractivity contribution >= 4 is 22.3 Å². The highest BCUT2D eigenvalue weighted by molar-refractivity contribution is 5.97. The van der Waals surface area contributed by atoms with Crippen LogP contribution in [0, 0.1) is 0 Å². The molecule has 0 radical (unpaired) electrons. The first-order valence-electron chi connectivity index (χ1n) is 6.68. The maximum atomic E-state index is 6.18. The third-order valence-electron chi connectivity index (χ3n) is 3.67. The van der Waals surface area contributed by atoms with Crippen molar-refractivity contribution in [2.75, 3.05) is 23.8 Å². The van der Waals surface area contributed by atoms with Gasteiger partial charge in [0.05, 0.1) is 35.8 Å². The molecule has 100 valence electrons. The molecule has 19 heavy (non-hydrogen) atoms. The van der Waals surface area contributed by atoms with E-state index in [1.54, 1.807) is 6.20 Å². The molecule has 4 heteroatoms. The Hall–Kier alpha value is -1.81. The number of nitrogens with zero attached hydrogens (tertiary/aromatic N) is 2. The molecule has 0 amide bonds. The molecule has 2 unspecified atom stereocenters. The van der Waals surface area contributed by atoms with Gasteiger partial charge in [0, 0.05) is 18.0 Å². The van der Waals surface area contributed by atoms with Crippen LogP contribution in [0.3, 0.4) is 0 Å². The molecule has 2 N–H and O–H groups in total. The predicted molar refractivity (Wildman–Crippen MR) is 78.4 cm³/mol. The van der Waals surface area contributed by atoms with Crippen molar-refractivity contribution in [2.45, 2.75) is 26.0 Å². The summed E-state index contributed by atoms with van der Waals surface area (Å²) in [4.78, 5) is 6.74. The first kappa shape index (κ1) is 12.2. The SMILES string of the molecule is CC1CN(c2c(N)cnc3ccccc23)C(C)CO1. The quantitative estimate of drug-likeness (QED) is 0.852. The zero-order valence-electron chi connectivity index (χ0n) is 11.3. The van der Waals surface area contributed by atoms with Gasteiger partial charge in [0.25, 0.3) is 0 Å². The van der Waals surface area contributed by atoms with Crippen LogP contribution in [-0.2, 0) is 4.74 Å². The number of hydrogen-bond donors (Lipinski definition) is 1. The van der Waals surface area contributed by atoms with E-state index in [-0.39, 0.29) is 6.10 Å². The van der Waals surface area contributed by atoms with Crippen LogP contribution in [-0.4, -0.2) is 30.3 Å². The highest BCUT2D eigenvalue weighted by Gasteiger charge is 2.26. The van der Waals surface area contributed by atoms with Gasteiger partial charge in [-0.1, -0.05) is 18.2 Å². The average Bonchev–Trinajstić information content (AvgIpc) is 2.42. The highest BCUT2D eigenvalue weighted by Crippen LogP contribution is 2.34. The van der Waals surface area contributed by atoms with E-state index in [1.165, 1.54) is 0 Å². The normalized spacial score (nSPS) is 23.8. The number of morpholine rings is 1. The summed E-state index contributed by atoms with van der Waals surface area (Å²) in [5, 5.41) is 1.11. The second-order valence-electron chi connectivity index (χ2n) is 5.22. The molecule has 2 heterocycles. The number of rotatable bonds is 1. The Morgan fingerprint density at radius 3 is 2.95 bits per heavy atom. The average molecular weight is 257 g/mol. The minimum absolute atomic E-state index is 0.225. The summed E-state index contributed by atoms with van der Waals surface area (Å²) in [6.07, 6.45) is 1.98. The number of pyridine rings is 1. The first-order valence-corrected chi connectivity index (χ1v) is 6.68. The third-order valence-corrected chi connectivity index (χ3v) is 3.67. The van der Waals surface area contributed by atoms with Crippen molar-refractivity contribution in [2.24, 2.45) is 0 Å². The lowest BCUT2D eigenvalue weighted by molar-refractivity contribution is 0.0345. The molecule has 1 aliphatic rings. The van der Waals surface area contributed by atoms with E-state index in [4.69, 9.17) is 10.5 Å². The van der Waals surface area contributed by atoms with Gasteiger partial charge in [0.15, 0.2) is 0 Å². The lowest BCUT2D eigenvalue weighted by Gasteiger charge is -2.39. The second kappa shape index (κ2) is 4.70. The number of fused-ring (bicyclic) bond motifs is 1. The number of aromatic nitrogens is 1. The van der Waals surface area contributed by atoms with Gasteiger partial charge in [0.1, 0.15) is 0 Å². The van der Waals surface area contributed by atoms with Gasteiger partial charge in [0.2, 0.25) is 0 Å². The number of benzene rings is 1. The lowest BCUT2D eigenvalue weighted by atomic mass is 10.1. The molecule has 4 nitrogen and oxygen atoms in total. The Labute approximate surface area is 113 Å². The van der Waals surface area contributed by atoms with E-state index >= 15 is 0 Å². The molecule has 2 aromatic rings. The number of para-hydroxylation sites is 1. The van der Waals surface area contributed by atoms with Crippen LogP contribution in [0.15, 0.2) is 30.5 Å². The molecule has 1 aromatic heterocycles. The third kappa shape index (κ3) is 2.12. The zero-order chi connectivity index (χ0) is 13.4. The van der Waals surface area contributed by atoms with Crippen LogP contribution in [0.4, 0.5) is 11.4 Å². The van der Waals surface area contributed by atoms with Gasteiger partial charge in [-0.25, -0.2) is 0 Å². The molecule has 0 spiro atoms. The largest absolute Gasteiger partial charge is 0.396 e. The molecule has 1 aromatic carbocycles. The van der Waals surface area contributed by atoms with Crippen molar-refractivity contribution < 1.29 is 4.74 Å². The summed E-state index contributed by atoms with van der Waals surface area (Å²) in [5.74, 6) is 0. The number of hydrogen-bond acceptors (Lipinski definition) is 4. The van der Waals surface area contributed by atoms with E-state index in [2.05, 4.69) is 29.8 Å². The molecule has 3 rings (SSSR count). The van der Waals surface area contributed by atoms with Gasteiger partial charge in [-0.2, -0.15) is 0 Å². The standard InChI is InChI=1S/C15H19N3O/c1-10-9-19-11(2)8-18(10)15-12-5-3-4-6-14(12)17-7-13(15)16/h3-7,10-11H,8-9,16H2,1-2H3. The molecule has 0 aliphatic carbocycles. The maximum absolute atomic E-state index is 6.18. The van der Waals surface area contributed by atoms with Crippen molar-refractivity contribution in [3.05, 3.63) is 30.5 Å². The van der Waals surface area contributed by atoms with Crippen LogP contribution in [0.2, 0.25) is 0 Å². The molecular weight excluding hydrogens is 238 g/mol. The number of nitrogen functional groups attached to an aromatic ring is 1. The van der Waals surface area contributed by atoms with Gasteiger partial charge in [-0.05, 0) is 19.9 Å². The Morgan fingerprint density at radius 1 is 1.32 bits per heavy atom. The smallest absolute Gasteiger partial charge is 0.0745 e. The van der Waals surface area contributed by atoms with E-state index in [1.807, 2.05) is 18.2 Å². The monoisotopic (exact) mass is 257 g/mol. The summed E-state index contributed by atoms with van der Waals surface area (Å²) in [6.45, 7) is 5.86. The summed E-state index contributed by atoms with van der Waals surface area (Å²) in [7, 11) is 0. The van der Waals surface area contributed by atoms with Crippen LogP contribution in [0.1, 0.15) is 13.8 Å². The minimum atomic E-state index is 0.225. The van der Waals surface area contributed by atoms with Crippen molar-refractivity contribution in [1.29, 1.82) is 0 Å². The van der Waals surface area contributed by atoms with E-state index in [9.17, 15) is 0 Å². The fraction of sp³-hybridized carbons (Fsp3) is 0.400. The molecule has 1 aliphatic heterocycles. The predicted octanol–water partition coefficient (Wildman–Crippen LogP) is 2.43. The first-order chi connectivity index (χ1) is 9.16. The summed E-state index contributed by atoms with van der Waals surface area (Å²) >= 11 is 0. The summed E-state index contributed by atoms with van der Waals surface area (Å²) in [5.41, 5.74) is 8.99. The van der Waals surface area contributed by atoms with Crippen LogP contribution in [0.25, 0.3) is 10.9 Å². The molecule has 1 fully saturated rings. The molecule has 1 saturated heterocycles. The van der Waals surface area contributed by atoms with Crippen molar-refractivity contribution in [3.8, 4) is 0 Å². The Morgan fingerprint density at radius 2 is 2.11 bits per heavy atom. The number of ether oxygens (including phenoxy) is 1. The molecule has 2 atom stereocenters. The maximum Gasteiger partial charge on any atom is 0.0745 e. The number of nitrogens with two attached hydrogens (primary N) is 1. The Balaban J connectivity index is 2.15. The Bertz CT molecular complexity index is 599. The van der Waals surface area contributed by atoms with Gasteiger partial charge in [-0.15, -0.1) is 0 Å². The topological polar surface area (TPSA) is 51.4 Å². The molecule has 0 bridgehead atoms. The zero-order valence-corrected chi connectivity index (χ0v) is 11.3. The van der Waals surface area contributed by atoms with E-state index in [0.717, 1.165) is 35.4 Å². The van der Waals surface area contributed by atoms with Crippen LogP contribution >= 0.6 is 0 Å². The highest BCUT2D eigenvalue weighted by atomic mass is 16.5. The van der Waals surface area contributed by atoms with Gasteiger partial charge in [-0.3, -0.25) is 4.98 Å². The van der Waals surface area contributed by atoms with Crippen LogP contribution in [0.5, 0.6) is 0 Å². The van der Waals surface area contributed by atoms with E-state index < -0.39 is 0 Å². The van der Waals surface area contributed by atoms with Gasteiger partial charge < -0.3 is 15.4 Å². The second-order valence-corrected chi connectivity index (χ2v) is 5.22. The number of anilines is 2. The summed E-state index contributed by atoms with van der Waals surface area (Å²) < 4.78 is 5.70. The lowest BCUT2D eigenvalue weighted by Crippen LogP contribution is -2.47. The minimum Gasteiger partial charge on any atom is -0.396 e.